The first-order chi connectivity index (χ1) is 5.83. The van der Waals surface area contributed by atoms with Crippen molar-refractivity contribution in [2.75, 3.05) is 0 Å². The lowest BCUT2D eigenvalue weighted by molar-refractivity contribution is -0.108. The van der Waals surface area contributed by atoms with Crippen molar-refractivity contribution in [2.45, 2.75) is 12.3 Å². The van der Waals surface area contributed by atoms with Crippen LogP contribution < -0.4 is 0 Å². The highest BCUT2D eigenvalue weighted by molar-refractivity contribution is 5.61. The molecule has 0 radical (unpaired) electrons. The van der Waals surface area contributed by atoms with Crippen LogP contribution in [0.15, 0.2) is 24.3 Å². The molecule has 0 aliphatic heterocycles. The highest BCUT2D eigenvalue weighted by Gasteiger charge is 2.39. The van der Waals surface area contributed by atoms with Gasteiger partial charge in [0.25, 0.3) is 0 Å². The number of hydrogen-bond donors (Lipinski definition) is 0. The topological polar surface area (TPSA) is 17.1 Å². The van der Waals surface area contributed by atoms with E-state index in [9.17, 15) is 9.18 Å². The first-order valence-electron chi connectivity index (χ1n) is 4.02. The van der Waals surface area contributed by atoms with E-state index >= 15 is 0 Å². The molecule has 1 aliphatic carbocycles. The summed E-state index contributed by atoms with van der Waals surface area (Å²) >= 11 is 0. The fourth-order valence-corrected chi connectivity index (χ4v) is 1.50. The van der Waals surface area contributed by atoms with Crippen LogP contribution in [0.4, 0.5) is 4.39 Å². The van der Waals surface area contributed by atoms with Crippen LogP contribution in [0.2, 0.25) is 0 Å². The van der Waals surface area contributed by atoms with Gasteiger partial charge in [-0.1, -0.05) is 18.2 Å². The van der Waals surface area contributed by atoms with Gasteiger partial charge in [0.15, 0.2) is 0 Å². The molecule has 0 N–H and O–H groups in total. The predicted octanol–water partition coefficient (Wildman–Crippen LogP) is 2.13. The van der Waals surface area contributed by atoms with Gasteiger partial charge in [0.1, 0.15) is 12.1 Å². The lowest BCUT2D eigenvalue weighted by Crippen LogP contribution is -1.88. The van der Waals surface area contributed by atoms with Crippen molar-refractivity contribution >= 4 is 6.29 Å². The van der Waals surface area contributed by atoms with Crippen LogP contribution in [0.5, 0.6) is 0 Å². The Bertz CT molecular complexity index is 308. The summed E-state index contributed by atoms with van der Waals surface area (Å²) < 4.78 is 13.1. The average molecular weight is 164 g/mol. The highest BCUT2D eigenvalue weighted by Crippen LogP contribution is 2.46. The Balaban J connectivity index is 2.25. The standard InChI is InChI=1S/C10H9FO/c11-10-4-2-1-3-8(10)9-5-7(9)6-12/h1-4,6-7,9H,5H2. The molecule has 0 bridgehead atoms. The minimum Gasteiger partial charge on any atom is -0.303 e. The summed E-state index contributed by atoms with van der Waals surface area (Å²) in [6.07, 6.45) is 1.72. The number of halogens is 1. The van der Waals surface area contributed by atoms with Gasteiger partial charge in [0.05, 0.1) is 0 Å². The lowest BCUT2D eigenvalue weighted by atomic mass is 10.1. The fraction of sp³-hybridized carbons (Fsp3) is 0.300. The molecule has 1 aromatic rings. The Kier molecular flexibility index (Phi) is 1.68. The van der Waals surface area contributed by atoms with Crippen molar-refractivity contribution in [3.8, 4) is 0 Å². The van der Waals surface area contributed by atoms with Crippen molar-refractivity contribution in [3.05, 3.63) is 35.6 Å². The smallest absolute Gasteiger partial charge is 0.126 e. The second-order valence-corrected chi connectivity index (χ2v) is 3.16. The third-order valence-electron chi connectivity index (χ3n) is 2.32. The quantitative estimate of drug-likeness (QED) is 0.612. The summed E-state index contributed by atoms with van der Waals surface area (Å²) in [5.74, 6) is 0.0115. The molecule has 0 heterocycles. The molecule has 2 heteroatoms. The van der Waals surface area contributed by atoms with Crippen molar-refractivity contribution in [1.29, 1.82) is 0 Å². The van der Waals surface area contributed by atoms with Crippen molar-refractivity contribution in [3.63, 3.8) is 0 Å². The lowest BCUT2D eigenvalue weighted by Gasteiger charge is -1.98. The average Bonchev–Trinajstić information content (AvgIpc) is 2.84. The normalized spacial score (nSPS) is 26.8. The van der Waals surface area contributed by atoms with Crippen LogP contribution in [-0.4, -0.2) is 6.29 Å². The molecular weight excluding hydrogens is 155 g/mol. The van der Waals surface area contributed by atoms with Crippen LogP contribution in [0.3, 0.4) is 0 Å². The Morgan fingerprint density at radius 2 is 2.17 bits per heavy atom. The Labute approximate surface area is 70.2 Å². The number of aldehydes is 1. The van der Waals surface area contributed by atoms with Crippen molar-refractivity contribution in [2.24, 2.45) is 5.92 Å². The molecule has 1 nitrogen and oxygen atoms in total. The van der Waals surface area contributed by atoms with Gasteiger partial charge >= 0.3 is 0 Å². The van der Waals surface area contributed by atoms with E-state index in [4.69, 9.17) is 0 Å². The molecule has 62 valence electrons. The van der Waals surface area contributed by atoms with E-state index in [-0.39, 0.29) is 17.7 Å². The minimum absolute atomic E-state index is 0.0573. The Morgan fingerprint density at radius 1 is 1.42 bits per heavy atom. The van der Waals surface area contributed by atoms with Crippen LogP contribution in [0.1, 0.15) is 17.9 Å². The number of benzene rings is 1. The zero-order valence-electron chi connectivity index (χ0n) is 6.53. The maximum atomic E-state index is 13.1. The highest BCUT2D eigenvalue weighted by atomic mass is 19.1. The van der Waals surface area contributed by atoms with E-state index in [1.165, 1.54) is 6.07 Å². The molecule has 2 atom stereocenters. The molecule has 12 heavy (non-hydrogen) atoms. The van der Waals surface area contributed by atoms with Gasteiger partial charge in [-0.15, -0.1) is 0 Å². The molecular formula is C10H9FO. The van der Waals surface area contributed by atoms with Crippen LogP contribution in [0.25, 0.3) is 0 Å². The van der Waals surface area contributed by atoms with Gasteiger partial charge in [-0.3, -0.25) is 0 Å². The van der Waals surface area contributed by atoms with Crippen LogP contribution in [-0.2, 0) is 4.79 Å². The third-order valence-corrected chi connectivity index (χ3v) is 2.32. The number of carbonyl (C=O) groups excluding carboxylic acids is 1. The second-order valence-electron chi connectivity index (χ2n) is 3.16. The van der Waals surface area contributed by atoms with Gasteiger partial charge in [0.2, 0.25) is 0 Å². The van der Waals surface area contributed by atoms with E-state index in [2.05, 4.69) is 0 Å². The molecule has 2 rings (SSSR count). The van der Waals surface area contributed by atoms with Crippen LogP contribution in [0, 0.1) is 11.7 Å². The molecule has 1 fully saturated rings. The second kappa shape index (κ2) is 2.70. The van der Waals surface area contributed by atoms with Gasteiger partial charge < -0.3 is 4.79 Å². The number of rotatable bonds is 2. The predicted molar refractivity (Wildman–Crippen MR) is 43.3 cm³/mol. The third kappa shape index (κ3) is 1.13. The molecule has 1 aliphatic rings. The largest absolute Gasteiger partial charge is 0.303 e. The summed E-state index contributed by atoms with van der Waals surface area (Å²) in [7, 11) is 0. The molecule has 2 unspecified atom stereocenters. The van der Waals surface area contributed by atoms with E-state index in [0.29, 0.717) is 5.56 Å². The molecule has 0 aromatic heterocycles. The van der Waals surface area contributed by atoms with Crippen molar-refractivity contribution in [1.82, 2.24) is 0 Å². The summed E-state index contributed by atoms with van der Waals surface area (Å²) in [4.78, 5) is 10.3. The SMILES string of the molecule is O=CC1CC1c1ccccc1F. The fourth-order valence-electron chi connectivity index (χ4n) is 1.50. The number of carbonyl (C=O) groups is 1. The monoisotopic (exact) mass is 164 g/mol. The zero-order chi connectivity index (χ0) is 8.55. The van der Waals surface area contributed by atoms with Gasteiger partial charge in [0, 0.05) is 5.92 Å². The number of hydrogen-bond acceptors (Lipinski definition) is 1. The Hall–Kier alpha value is -1.18. The molecule has 1 saturated carbocycles. The van der Waals surface area contributed by atoms with E-state index in [0.717, 1.165) is 12.7 Å². The minimum atomic E-state index is -0.188. The summed E-state index contributed by atoms with van der Waals surface area (Å²) in [5, 5.41) is 0. The zero-order valence-corrected chi connectivity index (χ0v) is 6.53. The molecule has 0 saturated heterocycles. The molecule has 0 spiro atoms. The maximum Gasteiger partial charge on any atom is 0.126 e. The van der Waals surface area contributed by atoms with Gasteiger partial charge in [-0.2, -0.15) is 0 Å². The first kappa shape index (κ1) is 7.47. The summed E-state index contributed by atoms with van der Waals surface area (Å²) in [5.41, 5.74) is 0.689. The van der Waals surface area contributed by atoms with E-state index < -0.39 is 0 Å². The van der Waals surface area contributed by atoms with Crippen LogP contribution >= 0.6 is 0 Å². The van der Waals surface area contributed by atoms with E-state index in [1.54, 1.807) is 18.2 Å². The summed E-state index contributed by atoms with van der Waals surface area (Å²) in [6.45, 7) is 0. The molecule has 1 aromatic carbocycles. The summed E-state index contributed by atoms with van der Waals surface area (Å²) in [6, 6.07) is 6.66. The Morgan fingerprint density at radius 3 is 2.75 bits per heavy atom. The van der Waals surface area contributed by atoms with Gasteiger partial charge in [-0.05, 0) is 24.0 Å². The maximum absolute atomic E-state index is 13.1. The van der Waals surface area contributed by atoms with E-state index in [1.807, 2.05) is 0 Å². The van der Waals surface area contributed by atoms with Crippen molar-refractivity contribution < 1.29 is 9.18 Å². The molecule has 0 amide bonds. The van der Waals surface area contributed by atoms with Gasteiger partial charge in [-0.25, -0.2) is 4.39 Å². The first-order valence-corrected chi connectivity index (χ1v) is 4.02.